The third-order valence-electron chi connectivity index (χ3n) is 3.25. The van der Waals surface area contributed by atoms with Crippen LogP contribution < -0.4 is 5.32 Å². The summed E-state index contributed by atoms with van der Waals surface area (Å²) in [5.74, 6) is 0. The minimum atomic E-state index is 0.440. The molecule has 1 aromatic heterocycles. The monoisotopic (exact) mass is 263 g/mol. The Balaban J connectivity index is 1.85. The summed E-state index contributed by atoms with van der Waals surface area (Å²) in [7, 11) is 0. The number of benzene rings is 1. The zero-order valence-electron chi connectivity index (χ0n) is 9.45. The lowest BCUT2D eigenvalue weighted by molar-refractivity contribution is 0.505. The van der Waals surface area contributed by atoms with Gasteiger partial charge in [-0.1, -0.05) is 35.9 Å². The molecule has 0 spiro atoms. The van der Waals surface area contributed by atoms with Crippen LogP contribution in [0.1, 0.15) is 22.0 Å². The Morgan fingerprint density at radius 1 is 1.24 bits per heavy atom. The van der Waals surface area contributed by atoms with Crippen LogP contribution in [0.5, 0.6) is 0 Å². The van der Waals surface area contributed by atoms with Crippen molar-refractivity contribution >= 4 is 22.9 Å². The molecule has 0 amide bonds. The van der Waals surface area contributed by atoms with Crippen molar-refractivity contribution in [2.45, 2.75) is 18.9 Å². The van der Waals surface area contributed by atoms with Crippen molar-refractivity contribution in [3.05, 3.63) is 56.7 Å². The van der Waals surface area contributed by atoms with Gasteiger partial charge < -0.3 is 5.32 Å². The summed E-state index contributed by atoms with van der Waals surface area (Å²) in [5, 5.41) is 3.60. The maximum Gasteiger partial charge on any atom is 0.0931 e. The molecule has 2 heterocycles. The van der Waals surface area contributed by atoms with Crippen molar-refractivity contribution in [2.75, 3.05) is 6.54 Å². The van der Waals surface area contributed by atoms with Crippen LogP contribution in [0.15, 0.2) is 36.4 Å². The van der Waals surface area contributed by atoms with E-state index in [-0.39, 0.29) is 0 Å². The highest BCUT2D eigenvalue weighted by atomic mass is 35.5. The highest BCUT2D eigenvalue weighted by molar-refractivity contribution is 7.16. The van der Waals surface area contributed by atoms with E-state index in [4.69, 9.17) is 11.6 Å². The molecule has 0 radical (unpaired) electrons. The van der Waals surface area contributed by atoms with E-state index in [1.807, 2.05) is 6.07 Å². The van der Waals surface area contributed by atoms with Crippen molar-refractivity contribution in [1.82, 2.24) is 5.32 Å². The van der Waals surface area contributed by atoms with Crippen molar-refractivity contribution in [2.24, 2.45) is 0 Å². The summed E-state index contributed by atoms with van der Waals surface area (Å²) in [6.45, 7) is 1.07. The fraction of sp³-hybridized carbons (Fsp3) is 0.286. The Hall–Kier alpha value is -0.830. The van der Waals surface area contributed by atoms with Gasteiger partial charge in [-0.25, -0.2) is 0 Å². The van der Waals surface area contributed by atoms with E-state index in [0.717, 1.165) is 23.7 Å². The van der Waals surface area contributed by atoms with Crippen LogP contribution in [0, 0.1) is 0 Å². The number of hydrogen-bond donors (Lipinski definition) is 1. The molecule has 0 bridgehead atoms. The van der Waals surface area contributed by atoms with E-state index in [9.17, 15) is 0 Å². The Labute approximate surface area is 110 Å². The van der Waals surface area contributed by atoms with Gasteiger partial charge in [-0.05, 0) is 36.2 Å². The van der Waals surface area contributed by atoms with Gasteiger partial charge in [0.1, 0.15) is 0 Å². The molecule has 2 aromatic rings. The maximum absolute atomic E-state index is 5.98. The molecule has 1 aliphatic rings. The number of fused-ring (bicyclic) bond motifs is 1. The van der Waals surface area contributed by atoms with Gasteiger partial charge in [0.05, 0.1) is 4.34 Å². The average Bonchev–Trinajstić information content (AvgIpc) is 2.75. The van der Waals surface area contributed by atoms with Crippen LogP contribution in [-0.2, 0) is 12.8 Å². The number of hydrogen-bond acceptors (Lipinski definition) is 2. The first-order valence-corrected chi connectivity index (χ1v) is 7.08. The standard InChI is InChI=1S/C14H14ClNS/c15-14-6-5-11(17-14)9-13-12-4-2-1-3-10(12)7-8-16-13/h1-6,13,16H,7-9H2. The lowest BCUT2D eigenvalue weighted by Crippen LogP contribution is -2.30. The molecule has 1 unspecified atom stereocenters. The van der Waals surface area contributed by atoms with Crippen LogP contribution in [0.25, 0.3) is 0 Å². The van der Waals surface area contributed by atoms with Crippen molar-refractivity contribution in [3.63, 3.8) is 0 Å². The summed E-state index contributed by atoms with van der Waals surface area (Å²) >= 11 is 7.66. The second-order valence-electron chi connectivity index (χ2n) is 4.37. The van der Waals surface area contributed by atoms with Gasteiger partial charge in [0.2, 0.25) is 0 Å². The Bertz CT molecular complexity index is 520. The molecule has 0 fully saturated rings. The van der Waals surface area contributed by atoms with Gasteiger partial charge in [-0.3, -0.25) is 0 Å². The first-order valence-electron chi connectivity index (χ1n) is 5.88. The molecular weight excluding hydrogens is 250 g/mol. The second kappa shape index (κ2) is 4.81. The van der Waals surface area contributed by atoms with E-state index in [0.29, 0.717) is 6.04 Å². The smallest absolute Gasteiger partial charge is 0.0931 e. The van der Waals surface area contributed by atoms with Crippen molar-refractivity contribution < 1.29 is 0 Å². The molecule has 0 saturated heterocycles. The highest BCUT2D eigenvalue weighted by Crippen LogP contribution is 2.29. The fourth-order valence-corrected chi connectivity index (χ4v) is 3.57. The molecule has 1 aliphatic heterocycles. The van der Waals surface area contributed by atoms with Gasteiger partial charge in [-0.15, -0.1) is 11.3 Å². The Morgan fingerprint density at radius 3 is 2.94 bits per heavy atom. The summed E-state index contributed by atoms with van der Waals surface area (Å²) in [6, 6.07) is 13.3. The van der Waals surface area contributed by atoms with Crippen molar-refractivity contribution in [3.8, 4) is 0 Å². The lowest BCUT2D eigenvalue weighted by Gasteiger charge is -2.26. The largest absolute Gasteiger partial charge is 0.309 e. The SMILES string of the molecule is Clc1ccc(CC2NCCc3ccccc32)s1. The van der Waals surface area contributed by atoms with Crippen LogP contribution in [0.2, 0.25) is 4.34 Å². The van der Waals surface area contributed by atoms with E-state index in [1.54, 1.807) is 11.3 Å². The van der Waals surface area contributed by atoms with E-state index >= 15 is 0 Å². The van der Waals surface area contributed by atoms with Crippen LogP contribution >= 0.6 is 22.9 Å². The Morgan fingerprint density at radius 2 is 2.12 bits per heavy atom. The first kappa shape index (κ1) is 11.3. The Kier molecular flexibility index (Phi) is 3.19. The zero-order valence-corrected chi connectivity index (χ0v) is 11.0. The molecule has 3 heteroatoms. The predicted molar refractivity (Wildman–Crippen MR) is 73.9 cm³/mol. The van der Waals surface area contributed by atoms with Gasteiger partial charge >= 0.3 is 0 Å². The normalized spacial score (nSPS) is 19.0. The van der Waals surface area contributed by atoms with E-state index in [1.165, 1.54) is 16.0 Å². The second-order valence-corrected chi connectivity index (χ2v) is 6.17. The quantitative estimate of drug-likeness (QED) is 0.868. The molecule has 0 aliphatic carbocycles. The topological polar surface area (TPSA) is 12.0 Å². The number of nitrogens with one attached hydrogen (secondary N) is 1. The van der Waals surface area contributed by atoms with Gasteiger partial charge in [-0.2, -0.15) is 0 Å². The number of rotatable bonds is 2. The van der Waals surface area contributed by atoms with E-state index < -0.39 is 0 Å². The molecule has 88 valence electrons. The third-order valence-corrected chi connectivity index (χ3v) is 4.50. The van der Waals surface area contributed by atoms with Gasteiger partial charge in [0.15, 0.2) is 0 Å². The molecule has 1 aromatic carbocycles. The maximum atomic E-state index is 5.98. The highest BCUT2D eigenvalue weighted by Gasteiger charge is 2.19. The summed E-state index contributed by atoms with van der Waals surface area (Å²) < 4.78 is 0.879. The molecular formula is C14H14ClNS. The van der Waals surface area contributed by atoms with Gasteiger partial charge in [0, 0.05) is 17.3 Å². The third kappa shape index (κ3) is 2.39. The van der Waals surface area contributed by atoms with Crippen LogP contribution in [0.4, 0.5) is 0 Å². The molecule has 1 N–H and O–H groups in total. The first-order chi connectivity index (χ1) is 8.33. The number of thiophene rings is 1. The molecule has 3 rings (SSSR count). The lowest BCUT2D eigenvalue weighted by atomic mass is 9.92. The molecule has 1 nitrogen and oxygen atoms in total. The van der Waals surface area contributed by atoms with Crippen molar-refractivity contribution in [1.29, 1.82) is 0 Å². The molecule has 1 atom stereocenters. The minimum Gasteiger partial charge on any atom is -0.309 e. The summed E-state index contributed by atoms with van der Waals surface area (Å²) in [6.07, 6.45) is 2.17. The fourth-order valence-electron chi connectivity index (χ4n) is 2.44. The van der Waals surface area contributed by atoms with Crippen LogP contribution in [-0.4, -0.2) is 6.54 Å². The number of halogens is 1. The predicted octanol–water partition coefficient (Wildman–Crippen LogP) is 3.83. The zero-order chi connectivity index (χ0) is 11.7. The summed E-state index contributed by atoms with van der Waals surface area (Å²) in [4.78, 5) is 1.35. The minimum absolute atomic E-state index is 0.440. The average molecular weight is 264 g/mol. The van der Waals surface area contributed by atoms with Crippen LogP contribution in [0.3, 0.4) is 0 Å². The summed E-state index contributed by atoms with van der Waals surface area (Å²) in [5.41, 5.74) is 2.93. The molecule has 0 saturated carbocycles. The van der Waals surface area contributed by atoms with Gasteiger partial charge in [0.25, 0.3) is 0 Å². The molecule has 17 heavy (non-hydrogen) atoms. The van der Waals surface area contributed by atoms with E-state index in [2.05, 4.69) is 35.6 Å².